The molecule has 0 fully saturated rings. The Balaban J connectivity index is 2.21. The monoisotopic (exact) mass is 297 g/mol. The Hall–Kier alpha value is -2.40. The van der Waals surface area contributed by atoms with E-state index in [1.54, 1.807) is 6.07 Å². The van der Waals surface area contributed by atoms with E-state index in [0.717, 1.165) is 11.4 Å². The van der Waals surface area contributed by atoms with Crippen LogP contribution in [0.1, 0.15) is 11.3 Å². The number of pyridine rings is 1. The van der Waals surface area contributed by atoms with Gasteiger partial charge in [0.2, 0.25) is 0 Å². The lowest BCUT2D eigenvalue weighted by Crippen LogP contribution is -2.11. The molecule has 2 heterocycles. The Bertz CT molecular complexity index is 864. The number of nitrogens with zero attached hydrogens (tertiary/aromatic N) is 2. The van der Waals surface area contributed by atoms with Gasteiger partial charge in [0.25, 0.3) is 0 Å². The molecule has 2 N–H and O–H groups in total. The molecular weight excluding hydrogens is 282 g/mol. The number of thiazole rings is 1. The highest BCUT2D eigenvalue weighted by molar-refractivity contribution is 7.13. The van der Waals surface area contributed by atoms with Gasteiger partial charge in [-0.25, -0.2) is 4.98 Å². The van der Waals surface area contributed by atoms with Crippen LogP contribution in [-0.4, -0.2) is 9.55 Å². The second-order valence-electron chi connectivity index (χ2n) is 4.97. The Morgan fingerprint density at radius 2 is 2.05 bits per heavy atom. The summed E-state index contributed by atoms with van der Waals surface area (Å²) in [6.45, 7) is 3.96. The van der Waals surface area contributed by atoms with Crippen molar-refractivity contribution >= 4 is 16.5 Å². The van der Waals surface area contributed by atoms with Gasteiger partial charge in [0.05, 0.1) is 11.3 Å². The normalized spacial score (nSPS) is 10.8. The molecule has 5 heteroatoms. The molecule has 0 unspecified atom stereocenters. The molecule has 4 nitrogen and oxygen atoms in total. The van der Waals surface area contributed by atoms with Crippen LogP contribution in [0.4, 0.5) is 5.13 Å². The van der Waals surface area contributed by atoms with Gasteiger partial charge in [-0.05, 0) is 31.5 Å². The van der Waals surface area contributed by atoms with E-state index in [0.29, 0.717) is 16.4 Å². The number of rotatable bonds is 2. The van der Waals surface area contributed by atoms with Crippen molar-refractivity contribution in [3.63, 3.8) is 0 Å². The summed E-state index contributed by atoms with van der Waals surface area (Å²) in [4.78, 5) is 16.4. The maximum absolute atomic E-state index is 12.2. The number of hydrogen-bond acceptors (Lipinski definition) is 4. The first kappa shape index (κ1) is 13.6. The van der Waals surface area contributed by atoms with Crippen molar-refractivity contribution in [1.29, 1.82) is 0 Å². The zero-order chi connectivity index (χ0) is 15.0. The average Bonchev–Trinajstić information content (AvgIpc) is 2.85. The third-order valence-electron chi connectivity index (χ3n) is 3.32. The number of benzene rings is 1. The lowest BCUT2D eigenvalue weighted by Gasteiger charge is -2.12. The van der Waals surface area contributed by atoms with E-state index < -0.39 is 0 Å². The van der Waals surface area contributed by atoms with E-state index in [1.165, 1.54) is 16.9 Å². The molecule has 3 aromatic rings. The van der Waals surface area contributed by atoms with Gasteiger partial charge in [0.1, 0.15) is 0 Å². The highest BCUT2D eigenvalue weighted by Gasteiger charge is 2.10. The summed E-state index contributed by atoms with van der Waals surface area (Å²) in [6.07, 6.45) is 1.83. The number of anilines is 1. The molecule has 0 saturated heterocycles. The first-order chi connectivity index (χ1) is 10.0. The van der Waals surface area contributed by atoms with Crippen molar-refractivity contribution in [2.24, 2.45) is 0 Å². The van der Waals surface area contributed by atoms with Gasteiger partial charge in [-0.2, -0.15) is 0 Å². The van der Waals surface area contributed by atoms with Crippen LogP contribution in [0.25, 0.3) is 16.9 Å². The molecule has 0 bridgehead atoms. The van der Waals surface area contributed by atoms with Gasteiger partial charge in [-0.15, -0.1) is 11.3 Å². The van der Waals surface area contributed by atoms with Crippen molar-refractivity contribution in [3.05, 3.63) is 63.4 Å². The van der Waals surface area contributed by atoms with Gasteiger partial charge in [-0.3, -0.25) is 4.79 Å². The average molecular weight is 297 g/mol. The second-order valence-corrected chi connectivity index (χ2v) is 5.86. The minimum atomic E-state index is -0.0401. The predicted octanol–water partition coefficient (Wildman–Crippen LogP) is 3.16. The van der Waals surface area contributed by atoms with Crippen LogP contribution >= 0.6 is 11.3 Å². The van der Waals surface area contributed by atoms with E-state index in [-0.39, 0.29) is 5.43 Å². The number of hydrogen-bond donors (Lipinski definition) is 1. The fourth-order valence-corrected chi connectivity index (χ4v) is 2.85. The second kappa shape index (κ2) is 5.18. The predicted molar refractivity (Wildman–Crippen MR) is 87.0 cm³/mol. The summed E-state index contributed by atoms with van der Waals surface area (Å²) in [7, 11) is 0. The fourth-order valence-electron chi connectivity index (χ4n) is 2.29. The van der Waals surface area contributed by atoms with Crippen LogP contribution in [-0.2, 0) is 0 Å². The molecule has 0 atom stereocenters. The smallest absolute Gasteiger partial charge is 0.191 e. The summed E-state index contributed by atoms with van der Waals surface area (Å²) in [5, 5.41) is 2.27. The number of aromatic nitrogens is 2. The molecular formula is C16H15N3OS. The molecule has 1 aromatic carbocycles. The quantitative estimate of drug-likeness (QED) is 0.790. The lowest BCUT2D eigenvalue weighted by atomic mass is 10.1. The fraction of sp³-hybridized carbons (Fsp3) is 0.125. The summed E-state index contributed by atoms with van der Waals surface area (Å²) >= 11 is 1.33. The molecule has 0 aliphatic carbocycles. The van der Waals surface area contributed by atoms with E-state index in [2.05, 4.69) is 11.1 Å². The maximum atomic E-state index is 12.2. The van der Waals surface area contributed by atoms with Crippen LogP contribution in [0.2, 0.25) is 0 Å². The van der Waals surface area contributed by atoms with Crippen molar-refractivity contribution < 1.29 is 0 Å². The van der Waals surface area contributed by atoms with Crippen molar-refractivity contribution in [3.8, 4) is 16.9 Å². The highest BCUT2D eigenvalue weighted by atomic mass is 32.1. The topological polar surface area (TPSA) is 60.9 Å². The standard InChI is InChI=1S/C16H15N3OS/c1-10-4-3-5-12(6-10)19-8-13(15(20)7-11(19)2)14-9-21-16(17)18-14/h3-9H,1-2H3,(H2,17,18). The number of nitrogens with two attached hydrogens (primary N) is 1. The first-order valence-electron chi connectivity index (χ1n) is 6.56. The zero-order valence-corrected chi connectivity index (χ0v) is 12.6. The third-order valence-corrected chi connectivity index (χ3v) is 4.00. The molecule has 0 spiro atoms. The van der Waals surface area contributed by atoms with Crippen molar-refractivity contribution in [2.75, 3.05) is 5.73 Å². The molecule has 0 amide bonds. The van der Waals surface area contributed by atoms with Gasteiger partial charge in [-0.1, -0.05) is 12.1 Å². The van der Waals surface area contributed by atoms with Gasteiger partial charge < -0.3 is 10.3 Å². The van der Waals surface area contributed by atoms with E-state index in [9.17, 15) is 4.79 Å². The molecule has 0 aliphatic rings. The van der Waals surface area contributed by atoms with Crippen LogP contribution in [0.15, 0.2) is 46.7 Å². The molecule has 21 heavy (non-hydrogen) atoms. The number of aryl methyl sites for hydroxylation is 2. The van der Waals surface area contributed by atoms with E-state index in [4.69, 9.17) is 5.73 Å². The molecule has 0 aliphatic heterocycles. The summed E-state index contributed by atoms with van der Waals surface area (Å²) in [5.41, 5.74) is 9.90. The maximum Gasteiger partial charge on any atom is 0.191 e. The lowest BCUT2D eigenvalue weighted by molar-refractivity contribution is 0.973. The van der Waals surface area contributed by atoms with Gasteiger partial charge >= 0.3 is 0 Å². The Morgan fingerprint density at radius 3 is 2.71 bits per heavy atom. The molecule has 0 saturated carbocycles. The summed E-state index contributed by atoms with van der Waals surface area (Å²) in [6, 6.07) is 9.78. The minimum absolute atomic E-state index is 0.0401. The Kier molecular flexibility index (Phi) is 3.35. The van der Waals surface area contributed by atoms with Gasteiger partial charge in [0.15, 0.2) is 10.6 Å². The Morgan fingerprint density at radius 1 is 1.24 bits per heavy atom. The van der Waals surface area contributed by atoms with E-state index in [1.807, 2.05) is 48.2 Å². The summed E-state index contributed by atoms with van der Waals surface area (Å²) in [5.74, 6) is 0. The van der Waals surface area contributed by atoms with Crippen LogP contribution in [0, 0.1) is 13.8 Å². The molecule has 2 aromatic heterocycles. The zero-order valence-electron chi connectivity index (χ0n) is 11.8. The molecule has 3 rings (SSSR count). The van der Waals surface area contributed by atoms with Crippen LogP contribution in [0.3, 0.4) is 0 Å². The minimum Gasteiger partial charge on any atom is -0.375 e. The van der Waals surface area contributed by atoms with E-state index >= 15 is 0 Å². The van der Waals surface area contributed by atoms with Crippen molar-refractivity contribution in [1.82, 2.24) is 9.55 Å². The third kappa shape index (κ3) is 2.60. The van der Waals surface area contributed by atoms with Crippen molar-refractivity contribution in [2.45, 2.75) is 13.8 Å². The first-order valence-corrected chi connectivity index (χ1v) is 7.44. The van der Waals surface area contributed by atoms with Crippen LogP contribution in [0.5, 0.6) is 0 Å². The molecule has 0 radical (unpaired) electrons. The molecule has 106 valence electrons. The Labute approximate surface area is 126 Å². The highest BCUT2D eigenvalue weighted by Crippen LogP contribution is 2.22. The summed E-state index contributed by atoms with van der Waals surface area (Å²) < 4.78 is 2.00. The SMILES string of the molecule is Cc1cccc(-n2cc(-c3csc(N)n3)c(=O)cc2C)c1. The van der Waals surface area contributed by atoms with Gasteiger partial charge in [0, 0.05) is 29.0 Å². The van der Waals surface area contributed by atoms with Crippen LogP contribution < -0.4 is 11.2 Å². The number of nitrogen functional groups attached to an aromatic ring is 1. The largest absolute Gasteiger partial charge is 0.375 e.